The molecular formula is C20H16N2O2. The minimum absolute atomic E-state index is 0.280. The van der Waals surface area contributed by atoms with Crippen LogP contribution in [0.3, 0.4) is 0 Å². The first kappa shape index (κ1) is 15.5. The highest BCUT2D eigenvalue weighted by Crippen LogP contribution is 2.40. The number of benzene rings is 3. The molecule has 0 bridgehead atoms. The lowest BCUT2D eigenvalue weighted by molar-refractivity contribution is 0.111. The summed E-state index contributed by atoms with van der Waals surface area (Å²) in [5.74, 6) is 0. The molecule has 3 aromatic rings. The van der Waals surface area contributed by atoms with Crippen molar-refractivity contribution in [3.8, 4) is 0 Å². The summed E-state index contributed by atoms with van der Waals surface area (Å²) in [5.41, 5.74) is 9.47. The van der Waals surface area contributed by atoms with Gasteiger partial charge in [-0.3, -0.25) is 9.59 Å². The zero-order valence-electron chi connectivity index (χ0n) is 12.9. The molecule has 24 heavy (non-hydrogen) atoms. The second-order valence-corrected chi connectivity index (χ2v) is 5.25. The molecule has 0 saturated carbocycles. The molecule has 0 fully saturated rings. The summed E-state index contributed by atoms with van der Waals surface area (Å²) >= 11 is 0. The Morgan fingerprint density at radius 3 is 1.58 bits per heavy atom. The van der Waals surface area contributed by atoms with Crippen LogP contribution >= 0.6 is 0 Å². The average Bonchev–Trinajstić information content (AvgIpc) is 2.65. The Hall–Kier alpha value is -3.40. The van der Waals surface area contributed by atoms with Crippen molar-refractivity contribution in [1.82, 2.24) is 0 Å². The highest BCUT2D eigenvalue weighted by molar-refractivity contribution is 6.01. The summed E-state index contributed by atoms with van der Waals surface area (Å²) in [6.45, 7) is 0. The molecule has 0 spiro atoms. The van der Waals surface area contributed by atoms with Crippen molar-refractivity contribution >= 4 is 35.3 Å². The Kier molecular flexibility index (Phi) is 4.38. The van der Waals surface area contributed by atoms with Crippen LogP contribution in [0.25, 0.3) is 0 Å². The van der Waals surface area contributed by atoms with Crippen LogP contribution in [-0.4, -0.2) is 12.6 Å². The first-order valence-electron chi connectivity index (χ1n) is 7.49. The summed E-state index contributed by atoms with van der Waals surface area (Å²) in [6, 6.07) is 22.3. The lowest BCUT2D eigenvalue weighted by Crippen LogP contribution is -2.15. The van der Waals surface area contributed by atoms with Gasteiger partial charge in [-0.25, -0.2) is 0 Å². The van der Waals surface area contributed by atoms with E-state index in [0.717, 1.165) is 17.7 Å². The number of nitrogens with two attached hydrogens (primary N) is 1. The first-order valence-corrected chi connectivity index (χ1v) is 7.49. The third-order valence-electron chi connectivity index (χ3n) is 3.79. The molecular weight excluding hydrogens is 300 g/mol. The van der Waals surface area contributed by atoms with E-state index in [1.165, 1.54) is 0 Å². The average molecular weight is 316 g/mol. The molecule has 0 unspecified atom stereocenters. The highest BCUT2D eigenvalue weighted by atomic mass is 16.1. The van der Waals surface area contributed by atoms with Gasteiger partial charge in [0.05, 0.1) is 11.4 Å². The Morgan fingerprint density at radius 1 is 0.667 bits per heavy atom. The number of hydrogen-bond donors (Lipinski definition) is 1. The zero-order valence-corrected chi connectivity index (χ0v) is 12.9. The van der Waals surface area contributed by atoms with E-state index < -0.39 is 0 Å². The van der Waals surface area contributed by atoms with Crippen molar-refractivity contribution in [2.75, 3.05) is 10.6 Å². The van der Waals surface area contributed by atoms with E-state index in [1.807, 2.05) is 65.6 Å². The fourth-order valence-corrected chi connectivity index (χ4v) is 2.65. The number of carbonyl (C=O) groups is 2. The van der Waals surface area contributed by atoms with Gasteiger partial charge in [-0.2, -0.15) is 0 Å². The smallest absolute Gasteiger partial charge is 0.152 e. The quantitative estimate of drug-likeness (QED) is 0.561. The van der Waals surface area contributed by atoms with Gasteiger partial charge < -0.3 is 10.6 Å². The standard InChI is InChI=1S/C20H16N2O2/c21-19-15(13-23)11-12-16(14-24)20(19)22(17-7-3-1-4-8-17)18-9-5-2-6-10-18/h1-14H,21H2. The minimum atomic E-state index is 0.280. The van der Waals surface area contributed by atoms with Crippen LogP contribution in [0, 0.1) is 0 Å². The number of para-hydroxylation sites is 2. The van der Waals surface area contributed by atoms with Gasteiger partial charge in [-0.05, 0) is 36.4 Å². The van der Waals surface area contributed by atoms with Gasteiger partial charge in [0.25, 0.3) is 0 Å². The van der Waals surface area contributed by atoms with Crippen LogP contribution in [0.15, 0.2) is 72.8 Å². The van der Waals surface area contributed by atoms with Crippen molar-refractivity contribution in [2.45, 2.75) is 0 Å². The van der Waals surface area contributed by atoms with Gasteiger partial charge in [0.2, 0.25) is 0 Å². The maximum absolute atomic E-state index is 11.6. The first-order chi connectivity index (χ1) is 11.8. The largest absolute Gasteiger partial charge is 0.396 e. The van der Waals surface area contributed by atoms with Crippen molar-refractivity contribution in [1.29, 1.82) is 0 Å². The number of hydrogen-bond acceptors (Lipinski definition) is 4. The molecule has 0 amide bonds. The fourth-order valence-electron chi connectivity index (χ4n) is 2.65. The van der Waals surface area contributed by atoms with Crippen molar-refractivity contribution in [3.63, 3.8) is 0 Å². The van der Waals surface area contributed by atoms with Crippen LogP contribution < -0.4 is 10.6 Å². The Morgan fingerprint density at radius 2 is 1.12 bits per heavy atom. The summed E-state index contributed by atoms with van der Waals surface area (Å²) < 4.78 is 0. The Labute approximate surface area is 140 Å². The monoisotopic (exact) mass is 316 g/mol. The van der Waals surface area contributed by atoms with E-state index in [4.69, 9.17) is 5.73 Å². The molecule has 0 saturated heterocycles. The normalized spacial score (nSPS) is 10.2. The predicted molar refractivity (Wildman–Crippen MR) is 96.3 cm³/mol. The predicted octanol–water partition coefficient (Wildman–Crippen LogP) is 4.36. The summed E-state index contributed by atoms with van der Waals surface area (Å²) in [4.78, 5) is 24.7. The number of rotatable bonds is 5. The van der Waals surface area contributed by atoms with E-state index in [9.17, 15) is 9.59 Å². The Balaban J connectivity index is 2.32. The molecule has 0 aliphatic rings. The third-order valence-corrected chi connectivity index (χ3v) is 3.79. The molecule has 0 atom stereocenters. The number of nitrogen functional groups attached to an aromatic ring is 1. The van der Waals surface area contributed by atoms with Crippen LogP contribution in [0.1, 0.15) is 20.7 Å². The molecule has 0 aliphatic carbocycles. The maximum atomic E-state index is 11.6. The SMILES string of the molecule is Nc1c(C=O)ccc(C=O)c1N(c1ccccc1)c1ccccc1. The van der Waals surface area contributed by atoms with Crippen molar-refractivity contribution in [2.24, 2.45) is 0 Å². The number of anilines is 4. The van der Waals surface area contributed by atoms with Crippen LogP contribution in [0.2, 0.25) is 0 Å². The van der Waals surface area contributed by atoms with E-state index in [2.05, 4.69) is 0 Å². The molecule has 0 aliphatic heterocycles. The van der Waals surface area contributed by atoms with Crippen molar-refractivity contribution in [3.05, 3.63) is 83.9 Å². The van der Waals surface area contributed by atoms with Gasteiger partial charge in [0, 0.05) is 22.5 Å². The summed E-state index contributed by atoms with van der Waals surface area (Å²) in [6.07, 6.45) is 1.45. The van der Waals surface area contributed by atoms with Gasteiger partial charge in [-0.15, -0.1) is 0 Å². The molecule has 118 valence electrons. The zero-order chi connectivity index (χ0) is 16.9. The third kappa shape index (κ3) is 2.77. The maximum Gasteiger partial charge on any atom is 0.152 e. The topological polar surface area (TPSA) is 63.4 Å². The van der Waals surface area contributed by atoms with Crippen LogP contribution in [0.5, 0.6) is 0 Å². The van der Waals surface area contributed by atoms with E-state index in [0.29, 0.717) is 23.1 Å². The molecule has 0 heterocycles. The molecule has 4 heteroatoms. The minimum Gasteiger partial charge on any atom is -0.396 e. The second kappa shape index (κ2) is 6.79. The van der Waals surface area contributed by atoms with Gasteiger partial charge >= 0.3 is 0 Å². The Bertz CT molecular complexity index is 822. The fraction of sp³-hybridized carbons (Fsp3) is 0. The lowest BCUT2D eigenvalue weighted by Gasteiger charge is -2.28. The number of carbonyl (C=O) groups excluding carboxylic acids is 2. The van der Waals surface area contributed by atoms with E-state index in [-0.39, 0.29) is 5.69 Å². The molecule has 3 aromatic carbocycles. The van der Waals surface area contributed by atoms with Crippen LogP contribution in [-0.2, 0) is 0 Å². The van der Waals surface area contributed by atoms with Gasteiger partial charge in [0.1, 0.15) is 0 Å². The van der Waals surface area contributed by atoms with E-state index >= 15 is 0 Å². The van der Waals surface area contributed by atoms with Crippen LogP contribution in [0.4, 0.5) is 22.7 Å². The van der Waals surface area contributed by atoms with Gasteiger partial charge in [0.15, 0.2) is 12.6 Å². The summed E-state index contributed by atoms with van der Waals surface area (Å²) in [7, 11) is 0. The van der Waals surface area contributed by atoms with E-state index in [1.54, 1.807) is 12.1 Å². The molecule has 2 N–H and O–H groups in total. The molecule has 3 rings (SSSR count). The summed E-state index contributed by atoms with van der Waals surface area (Å²) in [5, 5.41) is 0. The molecule has 0 radical (unpaired) electrons. The number of aldehydes is 2. The van der Waals surface area contributed by atoms with Crippen molar-refractivity contribution < 1.29 is 9.59 Å². The highest BCUT2D eigenvalue weighted by Gasteiger charge is 2.20. The molecule has 4 nitrogen and oxygen atoms in total. The number of nitrogens with zero attached hydrogens (tertiary/aromatic N) is 1. The molecule has 0 aromatic heterocycles. The van der Waals surface area contributed by atoms with Gasteiger partial charge in [-0.1, -0.05) is 36.4 Å². The second-order valence-electron chi connectivity index (χ2n) is 5.25. The lowest BCUT2D eigenvalue weighted by atomic mass is 10.0.